The lowest BCUT2D eigenvalue weighted by molar-refractivity contribution is -0.127. The number of hydrogen-bond acceptors (Lipinski definition) is 4. The van der Waals surface area contributed by atoms with E-state index in [1.807, 2.05) is 19.1 Å². The van der Waals surface area contributed by atoms with Crippen molar-refractivity contribution in [1.29, 1.82) is 0 Å². The molecule has 26 heavy (non-hydrogen) atoms. The number of rotatable bonds is 5. The summed E-state index contributed by atoms with van der Waals surface area (Å²) in [5.74, 6) is -0.403. The van der Waals surface area contributed by atoms with Crippen LogP contribution in [0.2, 0.25) is 10.0 Å². The zero-order valence-electron chi connectivity index (χ0n) is 14.0. The van der Waals surface area contributed by atoms with E-state index >= 15 is 0 Å². The van der Waals surface area contributed by atoms with E-state index in [9.17, 15) is 9.59 Å². The van der Waals surface area contributed by atoms with Gasteiger partial charge >= 0.3 is 0 Å². The number of hydrogen-bond donors (Lipinski definition) is 2. The molecule has 0 spiro atoms. The first-order valence-corrected chi connectivity index (χ1v) is 8.81. The Kier molecular flexibility index (Phi) is 5.54. The third-order valence-corrected chi connectivity index (χ3v) is 4.43. The summed E-state index contributed by atoms with van der Waals surface area (Å²) in [5, 5.41) is 5.30. The molecule has 0 saturated carbocycles. The van der Waals surface area contributed by atoms with Crippen molar-refractivity contribution in [3.05, 3.63) is 58.1 Å². The summed E-state index contributed by atoms with van der Waals surface area (Å²) in [6.45, 7) is 1.63. The average molecular weight is 394 g/mol. The zero-order chi connectivity index (χ0) is 18.7. The van der Waals surface area contributed by atoms with E-state index in [1.165, 1.54) is 11.1 Å². The summed E-state index contributed by atoms with van der Waals surface area (Å²) in [7, 11) is 0. The molecule has 1 heterocycles. The Bertz CT molecular complexity index is 844. The van der Waals surface area contributed by atoms with Gasteiger partial charge in [-0.05, 0) is 36.8 Å². The maximum absolute atomic E-state index is 12.7. The number of hydrazine groups is 1. The van der Waals surface area contributed by atoms with Gasteiger partial charge in [0.25, 0.3) is 11.8 Å². The molecule has 1 aliphatic heterocycles. The molecular weight excluding hydrogens is 377 g/mol. The number of anilines is 1. The van der Waals surface area contributed by atoms with Crippen molar-refractivity contribution < 1.29 is 14.3 Å². The molecule has 0 fully saturated rings. The maximum atomic E-state index is 12.7. The van der Waals surface area contributed by atoms with Gasteiger partial charge in [0.05, 0.1) is 10.6 Å². The Hall–Kier alpha value is -2.44. The Morgan fingerprint density at radius 1 is 1.27 bits per heavy atom. The fraction of sp³-hybridized carbons (Fsp3) is 0.222. The summed E-state index contributed by atoms with van der Waals surface area (Å²) in [6, 6.07) is 11.9. The number of amides is 2. The minimum absolute atomic E-state index is 0.274. The molecule has 0 aromatic heterocycles. The lowest BCUT2D eigenvalue weighted by atomic mass is 10.1. The van der Waals surface area contributed by atoms with Crippen molar-refractivity contribution >= 4 is 40.7 Å². The quantitative estimate of drug-likeness (QED) is 0.811. The highest BCUT2D eigenvalue weighted by Crippen LogP contribution is 2.28. The van der Waals surface area contributed by atoms with Gasteiger partial charge in [-0.3, -0.25) is 15.0 Å². The van der Waals surface area contributed by atoms with Crippen LogP contribution in [0.25, 0.3) is 0 Å². The monoisotopic (exact) mass is 393 g/mol. The van der Waals surface area contributed by atoms with Gasteiger partial charge in [0, 0.05) is 10.7 Å². The highest BCUT2D eigenvalue weighted by molar-refractivity contribution is 6.35. The first kappa shape index (κ1) is 18.4. The van der Waals surface area contributed by atoms with Crippen molar-refractivity contribution in [1.82, 2.24) is 10.4 Å². The molecule has 136 valence electrons. The Labute approximate surface area is 161 Å². The highest BCUT2D eigenvalue weighted by Gasteiger charge is 2.32. The summed E-state index contributed by atoms with van der Waals surface area (Å²) in [5.41, 5.74) is 3.85. The van der Waals surface area contributed by atoms with E-state index in [2.05, 4.69) is 10.7 Å². The maximum Gasteiger partial charge on any atom is 0.276 e. The number of benzene rings is 2. The van der Waals surface area contributed by atoms with E-state index in [-0.39, 0.29) is 18.7 Å². The molecule has 0 aliphatic carbocycles. The van der Waals surface area contributed by atoms with Crippen LogP contribution in [-0.2, 0) is 4.79 Å². The second-order valence-corrected chi connectivity index (χ2v) is 6.53. The van der Waals surface area contributed by atoms with E-state index < -0.39 is 5.91 Å². The number of carbonyl (C=O) groups excluding carboxylic acids is 2. The molecule has 0 bridgehead atoms. The van der Waals surface area contributed by atoms with Crippen LogP contribution in [0.4, 0.5) is 5.69 Å². The van der Waals surface area contributed by atoms with Gasteiger partial charge in [0.15, 0.2) is 6.61 Å². The largest absolute Gasteiger partial charge is 0.482 e. The molecule has 0 saturated heterocycles. The molecule has 2 aromatic rings. The predicted octanol–water partition coefficient (Wildman–Crippen LogP) is 3.71. The van der Waals surface area contributed by atoms with E-state index in [4.69, 9.17) is 27.9 Å². The van der Waals surface area contributed by atoms with Crippen molar-refractivity contribution in [2.24, 2.45) is 0 Å². The van der Waals surface area contributed by atoms with Crippen molar-refractivity contribution in [2.45, 2.75) is 19.5 Å². The first-order chi connectivity index (χ1) is 12.5. The molecule has 3 rings (SSSR count). The number of para-hydroxylation sites is 1. The topological polar surface area (TPSA) is 70.7 Å². The first-order valence-electron chi connectivity index (χ1n) is 8.06. The lowest BCUT2D eigenvalue weighted by Crippen LogP contribution is -2.57. The van der Waals surface area contributed by atoms with Gasteiger partial charge in [0.1, 0.15) is 11.9 Å². The second-order valence-electron chi connectivity index (χ2n) is 5.69. The fourth-order valence-electron chi connectivity index (χ4n) is 2.63. The second kappa shape index (κ2) is 7.85. The number of carbonyl (C=O) groups is 2. The minimum Gasteiger partial charge on any atom is -0.482 e. The van der Waals surface area contributed by atoms with E-state index in [0.717, 1.165) is 5.69 Å². The van der Waals surface area contributed by atoms with Crippen molar-refractivity contribution in [3.63, 3.8) is 0 Å². The number of nitrogens with one attached hydrogen (secondary N) is 2. The molecule has 2 amide bonds. The summed E-state index contributed by atoms with van der Waals surface area (Å²) < 4.78 is 5.41. The van der Waals surface area contributed by atoms with Crippen LogP contribution in [-0.4, -0.2) is 29.6 Å². The van der Waals surface area contributed by atoms with E-state index in [1.54, 1.807) is 24.3 Å². The van der Waals surface area contributed by atoms with Crippen LogP contribution in [0.15, 0.2) is 42.5 Å². The summed E-state index contributed by atoms with van der Waals surface area (Å²) >= 11 is 11.8. The number of fused-ring (bicyclic) bond motifs is 1. The Morgan fingerprint density at radius 2 is 2.04 bits per heavy atom. The molecule has 8 heteroatoms. The van der Waals surface area contributed by atoms with Crippen LogP contribution < -0.4 is 15.5 Å². The van der Waals surface area contributed by atoms with Crippen LogP contribution in [0.1, 0.15) is 23.7 Å². The third kappa shape index (κ3) is 3.86. The van der Waals surface area contributed by atoms with E-state index in [0.29, 0.717) is 27.8 Å². The molecule has 1 aliphatic rings. The normalized spacial score (nSPS) is 15.9. The van der Waals surface area contributed by atoms with Crippen LogP contribution in [0.3, 0.4) is 0 Å². The summed E-state index contributed by atoms with van der Waals surface area (Å²) in [6.07, 6.45) is 0.269. The van der Waals surface area contributed by atoms with Gasteiger partial charge in [0.2, 0.25) is 0 Å². The van der Waals surface area contributed by atoms with Gasteiger partial charge < -0.3 is 10.1 Å². The van der Waals surface area contributed by atoms with Crippen molar-refractivity contribution in [2.75, 3.05) is 11.9 Å². The Morgan fingerprint density at radius 3 is 2.77 bits per heavy atom. The number of halogens is 2. The summed E-state index contributed by atoms with van der Waals surface area (Å²) in [4.78, 5) is 24.9. The van der Waals surface area contributed by atoms with Gasteiger partial charge in [-0.2, -0.15) is 0 Å². The lowest BCUT2D eigenvalue weighted by Gasteiger charge is -2.37. The number of nitrogens with zero attached hydrogens (tertiary/aromatic N) is 1. The van der Waals surface area contributed by atoms with Gasteiger partial charge in [-0.25, -0.2) is 5.01 Å². The minimum atomic E-state index is -0.469. The molecule has 2 N–H and O–H groups in total. The third-order valence-electron chi connectivity index (χ3n) is 3.89. The fourth-order valence-corrected chi connectivity index (χ4v) is 3.09. The number of ether oxygens (including phenoxy) is 1. The molecule has 2 aromatic carbocycles. The predicted molar refractivity (Wildman–Crippen MR) is 100 cm³/mol. The van der Waals surface area contributed by atoms with Gasteiger partial charge in [-0.1, -0.05) is 42.3 Å². The standard InChI is InChI=1S/C18H17Cl2N3O3/c1-2-16-21-14-6-4-3-5-12(14)18(25)23(16)22-17(24)10-26-15-8-7-11(19)9-13(15)20/h3-9,16,21H,2,10H2,1H3,(H,22,24). The highest BCUT2D eigenvalue weighted by atomic mass is 35.5. The molecule has 6 nitrogen and oxygen atoms in total. The average Bonchev–Trinajstić information content (AvgIpc) is 2.63. The van der Waals surface area contributed by atoms with Crippen LogP contribution >= 0.6 is 23.2 Å². The molecule has 0 radical (unpaired) electrons. The SMILES string of the molecule is CCC1Nc2ccccc2C(=O)N1NC(=O)COc1ccc(Cl)cc1Cl. The Balaban J connectivity index is 1.67. The van der Waals surface area contributed by atoms with Gasteiger partial charge in [-0.15, -0.1) is 0 Å². The molecule has 1 atom stereocenters. The smallest absolute Gasteiger partial charge is 0.276 e. The van der Waals surface area contributed by atoms with Crippen LogP contribution in [0.5, 0.6) is 5.75 Å². The van der Waals surface area contributed by atoms with Crippen LogP contribution in [0, 0.1) is 0 Å². The molecule has 1 unspecified atom stereocenters. The van der Waals surface area contributed by atoms with Crippen molar-refractivity contribution in [3.8, 4) is 5.75 Å². The molecular formula is C18H17Cl2N3O3. The zero-order valence-corrected chi connectivity index (χ0v) is 15.5.